The van der Waals surface area contributed by atoms with Crippen molar-refractivity contribution in [3.8, 4) is 11.4 Å². The number of hydrogen-bond acceptors (Lipinski definition) is 4. The van der Waals surface area contributed by atoms with Gasteiger partial charge in [-0.05, 0) is 38.1 Å². The summed E-state index contributed by atoms with van der Waals surface area (Å²) < 4.78 is 7.42. The van der Waals surface area contributed by atoms with Crippen LogP contribution in [0.25, 0.3) is 5.69 Å². The Morgan fingerprint density at radius 1 is 1.07 bits per heavy atom. The van der Waals surface area contributed by atoms with Gasteiger partial charge in [-0.1, -0.05) is 30.3 Å². The van der Waals surface area contributed by atoms with Gasteiger partial charge in [-0.25, -0.2) is 4.68 Å². The van der Waals surface area contributed by atoms with E-state index in [-0.39, 0.29) is 18.1 Å². The Morgan fingerprint density at radius 2 is 1.72 bits per heavy atom. The van der Waals surface area contributed by atoms with Gasteiger partial charge < -0.3 is 15.4 Å². The topological polar surface area (TPSA) is 90.4 Å². The fourth-order valence-electron chi connectivity index (χ4n) is 3.10. The molecule has 0 aliphatic carbocycles. The number of amides is 2. The van der Waals surface area contributed by atoms with Crippen LogP contribution < -0.4 is 10.5 Å². The number of aromatic nitrogens is 2. The SMILES string of the molecule is Cc1nn(-c2ccccc2)c(C)c1CN(C)C(=O)COc1ccccc1C(N)=O. The lowest BCUT2D eigenvalue weighted by atomic mass is 10.2. The maximum absolute atomic E-state index is 12.6. The second kappa shape index (κ2) is 8.60. The molecule has 7 heteroatoms. The van der Waals surface area contributed by atoms with E-state index in [9.17, 15) is 9.59 Å². The fourth-order valence-corrected chi connectivity index (χ4v) is 3.10. The highest BCUT2D eigenvalue weighted by Crippen LogP contribution is 2.20. The molecule has 0 saturated heterocycles. The molecule has 1 heterocycles. The summed E-state index contributed by atoms with van der Waals surface area (Å²) in [5.74, 6) is -0.512. The van der Waals surface area contributed by atoms with Gasteiger partial charge in [0.25, 0.3) is 11.8 Å². The van der Waals surface area contributed by atoms with Crippen LogP contribution in [0.3, 0.4) is 0 Å². The second-order valence-electron chi connectivity index (χ2n) is 6.80. The van der Waals surface area contributed by atoms with Gasteiger partial charge in [0.1, 0.15) is 5.75 Å². The Labute approximate surface area is 169 Å². The van der Waals surface area contributed by atoms with Crippen LogP contribution in [-0.2, 0) is 11.3 Å². The molecule has 2 amide bonds. The van der Waals surface area contributed by atoms with Crippen molar-refractivity contribution in [1.82, 2.24) is 14.7 Å². The van der Waals surface area contributed by atoms with E-state index in [1.165, 1.54) is 0 Å². The van der Waals surface area contributed by atoms with Gasteiger partial charge in [0.15, 0.2) is 6.61 Å². The minimum Gasteiger partial charge on any atom is -0.483 e. The molecule has 3 aromatic rings. The predicted molar refractivity (Wildman–Crippen MR) is 110 cm³/mol. The van der Waals surface area contributed by atoms with Gasteiger partial charge in [-0.2, -0.15) is 5.10 Å². The van der Waals surface area contributed by atoms with Gasteiger partial charge in [-0.3, -0.25) is 9.59 Å². The van der Waals surface area contributed by atoms with Crippen LogP contribution in [-0.4, -0.2) is 40.1 Å². The van der Waals surface area contributed by atoms with E-state index < -0.39 is 5.91 Å². The van der Waals surface area contributed by atoms with Crippen LogP contribution in [0.5, 0.6) is 5.75 Å². The monoisotopic (exact) mass is 392 g/mol. The number of nitrogens with zero attached hydrogens (tertiary/aromatic N) is 3. The molecule has 0 aliphatic rings. The maximum Gasteiger partial charge on any atom is 0.260 e. The molecular weight excluding hydrogens is 368 g/mol. The van der Waals surface area contributed by atoms with Gasteiger partial charge in [-0.15, -0.1) is 0 Å². The van der Waals surface area contributed by atoms with Gasteiger partial charge in [0.05, 0.1) is 16.9 Å². The number of primary amides is 1. The third-order valence-corrected chi connectivity index (χ3v) is 4.77. The first kappa shape index (κ1) is 20.1. The molecule has 0 radical (unpaired) electrons. The highest BCUT2D eigenvalue weighted by atomic mass is 16.5. The predicted octanol–water partition coefficient (Wildman–Crippen LogP) is 2.63. The lowest BCUT2D eigenvalue weighted by Gasteiger charge is -2.18. The van der Waals surface area contributed by atoms with E-state index in [0.717, 1.165) is 22.6 Å². The first-order chi connectivity index (χ1) is 13.9. The molecule has 0 bridgehead atoms. The summed E-state index contributed by atoms with van der Waals surface area (Å²) in [6, 6.07) is 16.5. The Bertz CT molecular complexity index is 1030. The van der Waals surface area contributed by atoms with E-state index in [1.807, 2.05) is 48.9 Å². The molecule has 150 valence electrons. The third-order valence-electron chi connectivity index (χ3n) is 4.77. The lowest BCUT2D eigenvalue weighted by molar-refractivity contribution is -0.132. The molecule has 0 unspecified atom stereocenters. The zero-order chi connectivity index (χ0) is 21.0. The number of nitrogens with two attached hydrogens (primary N) is 1. The summed E-state index contributed by atoms with van der Waals surface area (Å²) in [6.07, 6.45) is 0. The zero-order valence-corrected chi connectivity index (χ0v) is 16.8. The van der Waals surface area contributed by atoms with E-state index >= 15 is 0 Å². The quantitative estimate of drug-likeness (QED) is 0.669. The zero-order valence-electron chi connectivity index (χ0n) is 16.8. The Morgan fingerprint density at radius 3 is 2.41 bits per heavy atom. The smallest absolute Gasteiger partial charge is 0.260 e. The summed E-state index contributed by atoms with van der Waals surface area (Å²) in [5.41, 5.74) is 9.40. The first-order valence-electron chi connectivity index (χ1n) is 9.24. The van der Waals surface area contributed by atoms with Crippen molar-refractivity contribution >= 4 is 11.8 Å². The van der Waals surface area contributed by atoms with Crippen LogP contribution in [0.1, 0.15) is 27.3 Å². The molecule has 0 spiro atoms. The number of carbonyl (C=O) groups is 2. The summed E-state index contributed by atoms with van der Waals surface area (Å²) in [5, 5.41) is 4.61. The first-order valence-corrected chi connectivity index (χ1v) is 9.24. The average molecular weight is 392 g/mol. The van der Waals surface area contributed by atoms with Crippen LogP contribution in [0, 0.1) is 13.8 Å². The number of aryl methyl sites for hydroxylation is 1. The third kappa shape index (κ3) is 4.45. The van der Waals surface area contributed by atoms with Crippen LogP contribution in [0.15, 0.2) is 54.6 Å². The number of rotatable bonds is 7. The molecule has 0 atom stereocenters. The number of para-hydroxylation sites is 2. The standard InChI is InChI=1S/C22H24N4O3/c1-15-19(16(2)26(24-15)17-9-5-4-6-10-17)13-25(3)21(27)14-29-20-12-8-7-11-18(20)22(23)28/h4-12H,13-14H2,1-3H3,(H2,23,28). The van der Waals surface area contributed by atoms with Crippen LogP contribution >= 0.6 is 0 Å². The van der Waals surface area contributed by atoms with Crippen molar-refractivity contribution in [3.63, 3.8) is 0 Å². The molecule has 2 aromatic carbocycles. The Balaban J connectivity index is 1.69. The Hall–Kier alpha value is -3.61. The molecule has 1 aromatic heterocycles. The number of likely N-dealkylation sites (N-methyl/N-ethyl adjacent to an activating group) is 1. The van der Waals surface area contributed by atoms with E-state index in [1.54, 1.807) is 36.2 Å². The second-order valence-corrected chi connectivity index (χ2v) is 6.80. The number of hydrogen-bond donors (Lipinski definition) is 1. The summed E-state index contributed by atoms with van der Waals surface area (Å²) >= 11 is 0. The van der Waals surface area contributed by atoms with Gasteiger partial charge >= 0.3 is 0 Å². The van der Waals surface area contributed by atoms with E-state index in [4.69, 9.17) is 10.5 Å². The van der Waals surface area contributed by atoms with Crippen LogP contribution in [0.4, 0.5) is 0 Å². The molecular formula is C22H24N4O3. The Kier molecular flexibility index (Phi) is 5.97. The molecule has 0 aliphatic heterocycles. The normalized spacial score (nSPS) is 10.6. The molecule has 2 N–H and O–H groups in total. The number of carbonyl (C=O) groups excluding carboxylic acids is 2. The summed E-state index contributed by atoms with van der Waals surface area (Å²) in [6.45, 7) is 4.13. The molecule has 7 nitrogen and oxygen atoms in total. The van der Waals surface area contributed by atoms with Gasteiger partial charge in [0.2, 0.25) is 0 Å². The summed E-state index contributed by atoms with van der Waals surface area (Å²) in [4.78, 5) is 25.6. The maximum atomic E-state index is 12.6. The molecule has 0 fully saturated rings. The largest absolute Gasteiger partial charge is 0.483 e. The van der Waals surface area contributed by atoms with Gasteiger partial charge in [0, 0.05) is 24.8 Å². The van der Waals surface area contributed by atoms with Crippen molar-refractivity contribution in [1.29, 1.82) is 0 Å². The fraction of sp³-hybridized carbons (Fsp3) is 0.227. The lowest BCUT2D eigenvalue weighted by Crippen LogP contribution is -2.31. The van der Waals surface area contributed by atoms with Crippen molar-refractivity contribution < 1.29 is 14.3 Å². The van der Waals surface area contributed by atoms with Crippen molar-refractivity contribution in [2.24, 2.45) is 5.73 Å². The highest BCUT2D eigenvalue weighted by Gasteiger charge is 2.18. The average Bonchev–Trinajstić information content (AvgIpc) is 3.01. The van der Waals surface area contributed by atoms with Crippen LogP contribution in [0.2, 0.25) is 0 Å². The number of ether oxygens (including phenoxy) is 1. The minimum absolute atomic E-state index is 0.189. The number of benzene rings is 2. The molecule has 0 saturated carbocycles. The van der Waals surface area contributed by atoms with Crippen molar-refractivity contribution in [3.05, 3.63) is 77.1 Å². The minimum atomic E-state index is -0.596. The molecule has 29 heavy (non-hydrogen) atoms. The van der Waals surface area contributed by atoms with Crippen molar-refractivity contribution in [2.75, 3.05) is 13.7 Å². The molecule has 3 rings (SSSR count). The van der Waals surface area contributed by atoms with E-state index in [2.05, 4.69) is 5.10 Å². The van der Waals surface area contributed by atoms with E-state index in [0.29, 0.717) is 12.3 Å². The van der Waals surface area contributed by atoms with Crippen molar-refractivity contribution in [2.45, 2.75) is 20.4 Å². The highest BCUT2D eigenvalue weighted by molar-refractivity contribution is 5.95. The summed E-state index contributed by atoms with van der Waals surface area (Å²) in [7, 11) is 1.71.